The third-order valence-corrected chi connectivity index (χ3v) is 2.72. The van der Waals surface area contributed by atoms with Crippen molar-refractivity contribution in [1.82, 2.24) is 0 Å². The highest BCUT2D eigenvalue weighted by atomic mass is 16.5. The van der Waals surface area contributed by atoms with E-state index in [0.717, 1.165) is 38.7 Å². The van der Waals surface area contributed by atoms with Gasteiger partial charge in [-0.25, -0.2) is 0 Å². The SMILES string of the molecule is CCCOC1CCCC(C(=O)OC)C1. The first-order valence-corrected chi connectivity index (χ1v) is 5.47. The third-order valence-electron chi connectivity index (χ3n) is 2.72. The van der Waals surface area contributed by atoms with E-state index in [4.69, 9.17) is 9.47 Å². The Hall–Kier alpha value is -0.570. The number of hydrogen-bond acceptors (Lipinski definition) is 3. The maximum absolute atomic E-state index is 11.3. The highest BCUT2D eigenvalue weighted by Gasteiger charge is 2.27. The highest BCUT2D eigenvalue weighted by molar-refractivity contribution is 5.72. The third kappa shape index (κ3) is 3.29. The lowest BCUT2D eigenvalue weighted by atomic mass is 9.87. The predicted octanol–water partition coefficient (Wildman–Crippen LogP) is 2.14. The first-order valence-electron chi connectivity index (χ1n) is 5.47. The van der Waals surface area contributed by atoms with Crippen LogP contribution in [0, 0.1) is 5.92 Å². The van der Waals surface area contributed by atoms with Gasteiger partial charge in [-0.2, -0.15) is 0 Å². The van der Waals surface area contributed by atoms with Gasteiger partial charge < -0.3 is 9.47 Å². The Bertz CT molecular complexity index is 179. The summed E-state index contributed by atoms with van der Waals surface area (Å²) in [6.07, 6.45) is 5.28. The molecule has 0 bridgehead atoms. The summed E-state index contributed by atoms with van der Waals surface area (Å²) in [6.45, 7) is 2.90. The van der Waals surface area contributed by atoms with E-state index >= 15 is 0 Å². The summed E-state index contributed by atoms with van der Waals surface area (Å²) in [5.41, 5.74) is 0. The molecule has 0 amide bonds. The zero-order valence-corrected chi connectivity index (χ0v) is 9.12. The molecule has 1 aliphatic rings. The summed E-state index contributed by atoms with van der Waals surface area (Å²) < 4.78 is 10.4. The molecule has 14 heavy (non-hydrogen) atoms. The molecular formula is C11H20O3. The zero-order chi connectivity index (χ0) is 10.4. The summed E-state index contributed by atoms with van der Waals surface area (Å²) in [5.74, 6) is -0.00888. The van der Waals surface area contributed by atoms with E-state index in [9.17, 15) is 4.79 Å². The van der Waals surface area contributed by atoms with Crippen LogP contribution < -0.4 is 0 Å². The van der Waals surface area contributed by atoms with Gasteiger partial charge in [-0.3, -0.25) is 4.79 Å². The Morgan fingerprint density at radius 1 is 1.43 bits per heavy atom. The lowest BCUT2D eigenvalue weighted by molar-refractivity contribution is -0.148. The molecule has 0 aromatic carbocycles. The van der Waals surface area contributed by atoms with Crippen LogP contribution >= 0.6 is 0 Å². The van der Waals surface area contributed by atoms with Crippen molar-refractivity contribution in [2.24, 2.45) is 5.92 Å². The average molecular weight is 200 g/mol. The van der Waals surface area contributed by atoms with Crippen LogP contribution in [0.5, 0.6) is 0 Å². The fourth-order valence-corrected chi connectivity index (χ4v) is 1.96. The van der Waals surface area contributed by atoms with E-state index in [1.807, 2.05) is 0 Å². The largest absolute Gasteiger partial charge is 0.469 e. The van der Waals surface area contributed by atoms with Crippen LogP contribution in [0.15, 0.2) is 0 Å². The second-order valence-electron chi connectivity index (χ2n) is 3.88. The van der Waals surface area contributed by atoms with Gasteiger partial charge in [0.1, 0.15) is 0 Å². The Balaban J connectivity index is 2.31. The van der Waals surface area contributed by atoms with Gasteiger partial charge in [0.05, 0.1) is 19.1 Å². The second kappa shape index (κ2) is 6.02. The van der Waals surface area contributed by atoms with Crippen LogP contribution in [0.25, 0.3) is 0 Å². The van der Waals surface area contributed by atoms with E-state index in [2.05, 4.69) is 6.92 Å². The zero-order valence-electron chi connectivity index (χ0n) is 9.12. The fraction of sp³-hybridized carbons (Fsp3) is 0.909. The van der Waals surface area contributed by atoms with Crippen molar-refractivity contribution >= 4 is 5.97 Å². The molecule has 1 fully saturated rings. The second-order valence-corrected chi connectivity index (χ2v) is 3.88. The molecule has 0 aromatic rings. The molecule has 1 saturated carbocycles. The standard InChI is InChI=1S/C11H20O3/c1-3-7-14-10-6-4-5-9(8-10)11(12)13-2/h9-10H,3-8H2,1-2H3. The Morgan fingerprint density at radius 3 is 2.86 bits per heavy atom. The van der Waals surface area contributed by atoms with Gasteiger partial charge in [-0.1, -0.05) is 13.3 Å². The van der Waals surface area contributed by atoms with Crippen molar-refractivity contribution in [3.8, 4) is 0 Å². The molecule has 1 rings (SSSR count). The molecule has 2 unspecified atom stereocenters. The molecule has 0 spiro atoms. The number of carbonyl (C=O) groups excluding carboxylic acids is 1. The normalized spacial score (nSPS) is 27.3. The van der Waals surface area contributed by atoms with Crippen LogP contribution in [-0.2, 0) is 14.3 Å². The number of carbonyl (C=O) groups is 1. The van der Waals surface area contributed by atoms with Gasteiger partial charge in [0.2, 0.25) is 0 Å². The number of methoxy groups -OCH3 is 1. The molecule has 0 saturated heterocycles. The van der Waals surface area contributed by atoms with E-state index < -0.39 is 0 Å². The number of ether oxygens (including phenoxy) is 2. The summed E-state index contributed by atoms with van der Waals surface area (Å²) in [6, 6.07) is 0. The summed E-state index contributed by atoms with van der Waals surface area (Å²) in [5, 5.41) is 0. The van der Waals surface area contributed by atoms with Crippen LogP contribution in [0.4, 0.5) is 0 Å². The lowest BCUT2D eigenvalue weighted by Gasteiger charge is -2.27. The van der Waals surface area contributed by atoms with E-state index in [0.29, 0.717) is 0 Å². The lowest BCUT2D eigenvalue weighted by Crippen LogP contribution is -2.28. The van der Waals surface area contributed by atoms with Crippen LogP contribution in [0.1, 0.15) is 39.0 Å². The quantitative estimate of drug-likeness (QED) is 0.652. The number of hydrogen-bond donors (Lipinski definition) is 0. The predicted molar refractivity (Wildman–Crippen MR) is 54.0 cm³/mol. The van der Waals surface area contributed by atoms with Crippen molar-refractivity contribution in [3.63, 3.8) is 0 Å². The molecule has 3 heteroatoms. The van der Waals surface area contributed by atoms with Crippen LogP contribution in [0.2, 0.25) is 0 Å². The molecule has 0 radical (unpaired) electrons. The topological polar surface area (TPSA) is 35.5 Å². The van der Waals surface area contributed by atoms with Crippen molar-refractivity contribution in [1.29, 1.82) is 0 Å². The maximum atomic E-state index is 11.3. The maximum Gasteiger partial charge on any atom is 0.308 e. The van der Waals surface area contributed by atoms with Gasteiger partial charge in [-0.15, -0.1) is 0 Å². The number of rotatable bonds is 4. The summed E-state index contributed by atoms with van der Waals surface area (Å²) in [7, 11) is 1.46. The van der Waals surface area contributed by atoms with Crippen molar-refractivity contribution in [2.45, 2.75) is 45.1 Å². The molecule has 0 aliphatic heterocycles. The van der Waals surface area contributed by atoms with Crippen molar-refractivity contribution in [2.75, 3.05) is 13.7 Å². The smallest absolute Gasteiger partial charge is 0.308 e. The van der Waals surface area contributed by atoms with E-state index in [1.54, 1.807) is 0 Å². The van der Waals surface area contributed by atoms with E-state index in [1.165, 1.54) is 7.11 Å². The van der Waals surface area contributed by atoms with Gasteiger partial charge in [-0.05, 0) is 25.7 Å². The van der Waals surface area contributed by atoms with Crippen LogP contribution in [-0.4, -0.2) is 25.8 Å². The van der Waals surface area contributed by atoms with Crippen LogP contribution in [0.3, 0.4) is 0 Å². The molecule has 0 N–H and O–H groups in total. The molecule has 2 atom stereocenters. The minimum Gasteiger partial charge on any atom is -0.469 e. The highest BCUT2D eigenvalue weighted by Crippen LogP contribution is 2.27. The first-order chi connectivity index (χ1) is 6.77. The Kier molecular flexibility index (Phi) is 4.94. The minimum absolute atomic E-state index is 0.0654. The molecule has 82 valence electrons. The van der Waals surface area contributed by atoms with Gasteiger partial charge in [0.25, 0.3) is 0 Å². The summed E-state index contributed by atoms with van der Waals surface area (Å²) >= 11 is 0. The molecule has 3 nitrogen and oxygen atoms in total. The van der Waals surface area contributed by atoms with Crippen molar-refractivity contribution < 1.29 is 14.3 Å². The monoisotopic (exact) mass is 200 g/mol. The molecule has 1 aliphatic carbocycles. The fourth-order valence-electron chi connectivity index (χ4n) is 1.96. The van der Waals surface area contributed by atoms with E-state index in [-0.39, 0.29) is 18.0 Å². The minimum atomic E-state index is -0.0743. The summed E-state index contributed by atoms with van der Waals surface area (Å²) in [4.78, 5) is 11.3. The first kappa shape index (κ1) is 11.5. The average Bonchev–Trinajstić information content (AvgIpc) is 2.25. The van der Waals surface area contributed by atoms with Crippen molar-refractivity contribution in [3.05, 3.63) is 0 Å². The molecule has 0 heterocycles. The Labute approximate surface area is 85.8 Å². The molecular weight excluding hydrogens is 180 g/mol. The molecule has 0 aromatic heterocycles. The van der Waals surface area contributed by atoms with Gasteiger partial charge in [0, 0.05) is 6.61 Å². The van der Waals surface area contributed by atoms with Gasteiger partial charge in [0.15, 0.2) is 0 Å². The van der Waals surface area contributed by atoms with Gasteiger partial charge >= 0.3 is 5.97 Å². The Morgan fingerprint density at radius 2 is 2.21 bits per heavy atom. The number of esters is 1.